The first-order valence-electron chi connectivity index (χ1n) is 3.80. The summed E-state index contributed by atoms with van der Waals surface area (Å²) in [5.74, 6) is -0.534. The van der Waals surface area contributed by atoms with Gasteiger partial charge in [0.1, 0.15) is 5.83 Å². The molecular weight excluding hydrogens is 291 g/mol. The van der Waals surface area contributed by atoms with Crippen LogP contribution >= 0.6 is 39.7 Å². The lowest BCUT2D eigenvalue weighted by Crippen LogP contribution is -2.48. The molecule has 1 aliphatic rings. The summed E-state index contributed by atoms with van der Waals surface area (Å²) in [6.07, 6.45) is 1.56. The van der Waals surface area contributed by atoms with Gasteiger partial charge < -0.3 is 11.5 Å². The summed E-state index contributed by atoms with van der Waals surface area (Å²) in [6.45, 7) is 1.65. The highest BCUT2D eigenvalue weighted by Crippen LogP contribution is 2.41. The van der Waals surface area contributed by atoms with Crippen molar-refractivity contribution in [2.24, 2.45) is 16.9 Å². The molecule has 1 aliphatic carbocycles. The largest absolute Gasteiger partial charge is 0.393 e. The number of nitrogens with two attached hydrogens (primary N) is 2. The van der Waals surface area contributed by atoms with E-state index >= 15 is 0 Å². The Labute approximate surface area is 100 Å². The summed E-state index contributed by atoms with van der Waals surface area (Å²) in [7, 11) is 0. The molecule has 2 nitrogen and oxygen atoms in total. The van der Waals surface area contributed by atoms with Gasteiger partial charge in [0.2, 0.25) is 0 Å². The van der Waals surface area contributed by atoms with E-state index in [2.05, 4.69) is 15.9 Å². The molecule has 6 heteroatoms. The van der Waals surface area contributed by atoms with Crippen molar-refractivity contribution in [2.45, 2.75) is 13.0 Å². The van der Waals surface area contributed by atoms with E-state index in [-0.39, 0.29) is 14.5 Å². The molecule has 0 spiro atoms. The van der Waals surface area contributed by atoms with Crippen LogP contribution in [0.4, 0.5) is 4.39 Å². The van der Waals surface area contributed by atoms with Crippen LogP contribution in [0.5, 0.6) is 0 Å². The average molecular weight is 300 g/mol. The van der Waals surface area contributed by atoms with E-state index in [9.17, 15) is 4.39 Å². The van der Waals surface area contributed by atoms with Crippen LogP contribution in [0.1, 0.15) is 6.92 Å². The lowest BCUT2D eigenvalue weighted by Gasteiger charge is -2.34. The predicted molar refractivity (Wildman–Crippen MR) is 63.9 cm³/mol. The Hall–Kier alpha value is 0.0300. The Morgan fingerprint density at radius 3 is 2.71 bits per heavy atom. The second-order valence-electron chi connectivity index (χ2n) is 3.28. The fourth-order valence-electron chi connectivity index (χ4n) is 1.15. The Morgan fingerprint density at radius 1 is 1.79 bits per heavy atom. The number of allylic oxidation sites excluding steroid dienone is 2. The van der Waals surface area contributed by atoms with Crippen molar-refractivity contribution in [1.82, 2.24) is 0 Å². The van der Waals surface area contributed by atoms with Crippen LogP contribution in [0.25, 0.3) is 0 Å². The summed E-state index contributed by atoms with van der Waals surface area (Å²) in [5.41, 5.74) is 10.3. The molecule has 0 aromatic rings. The van der Waals surface area contributed by atoms with Gasteiger partial charge >= 0.3 is 0 Å². The zero-order valence-corrected chi connectivity index (χ0v) is 10.5. The first-order valence-corrected chi connectivity index (χ1v) is 5.38. The summed E-state index contributed by atoms with van der Waals surface area (Å²) >= 11 is 13.6. The van der Waals surface area contributed by atoms with Crippen LogP contribution < -0.4 is 11.5 Å². The number of rotatable bonds is 1. The summed E-state index contributed by atoms with van der Waals surface area (Å²) in [4.78, 5) is 0.123. The first-order chi connectivity index (χ1) is 6.30. The number of hydrogen-bond donors (Lipinski definition) is 2. The van der Waals surface area contributed by atoms with Crippen LogP contribution in [0.2, 0.25) is 0 Å². The number of halogens is 3. The van der Waals surface area contributed by atoms with Gasteiger partial charge in [-0.2, -0.15) is 0 Å². The Kier molecular flexibility index (Phi) is 3.36. The highest BCUT2D eigenvalue weighted by Gasteiger charge is 2.40. The first kappa shape index (κ1) is 12.1. The second kappa shape index (κ2) is 3.89. The molecule has 1 rings (SSSR count). The fraction of sp³-hybridized carbons (Fsp3) is 0.375. The molecule has 2 unspecified atom stereocenters. The molecule has 0 radical (unpaired) electrons. The zero-order valence-electron chi connectivity index (χ0n) is 7.35. The lowest BCUT2D eigenvalue weighted by molar-refractivity contribution is 0.416. The lowest BCUT2D eigenvalue weighted by atomic mass is 9.79. The van der Waals surface area contributed by atoms with E-state index in [1.165, 1.54) is 0 Å². The molecule has 0 saturated heterocycles. The van der Waals surface area contributed by atoms with Crippen LogP contribution in [-0.2, 0) is 0 Å². The van der Waals surface area contributed by atoms with Crippen molar-refractivity contribution in [1.29, 1.82) is 0 Å². The Bertz CT molecular complexity index is 355. The maximum atomic E-state index is 13.5. The van der Waals surface area contributed by atoms with E-state index in [0.29, 0.717) is 0 Å². The normalized spacial score (nSPS) is 32.9. The third-order valence-electron chi connectivity index (χ3n) is 2.30. The molecular formula is C8H9BrClFN2S. The van der Waals surface area contributed by atoms with Gasteiger partial charge in [-0.3, -0.25) is 0 Å². The third-order valence-corrected chi connectivity index (χ3v) is 4.07. The smallest absolute Gasteiger partial charge is 0.134 e. The molecule has 0 aromatic heterocycles. The Balaban J connectivity index is 3.27. The molecule has 14 heavy (non-hydrogen) atoms. The molecule has 4 N–H and O–H groups in total. The highest BCUT2D eigenvalue weighted by molar-refractivity contribution is 9.12. The minimum absolute atomic E-state index is 0.123. The summed E-state index contributed by atoms with van der Waals surface area (Å²) in [6, 6.07) is -0.892. The molecule has 0 aromatic carbocycles. The fourth-order valence-corrected chi connectivity index (χ4v) is 2.02. The molecule has 0 amide bonds. The standard InChI is InChI=1S/C8H9BrClFN2S/c1-8(7(13)14)2-3(10)4(9)5(11)6(8)12/h2,6H,12H2,1H3,(H2,13,14). The highest BCUT2D eigenvalue weighted by atomic mass is 79.9. The molecule has 2 atom stereocenters. The van der Waals surface area contributed by atoms with E-state index in [4.69, 9.17) is 35.3 Å². The van der Waals surface area contributed by atoms with Crippen LogP contribution in [0.15, 0.2) is 21.4 Å². The SMILES string of the molecule is CC1(C(N)=S)C=C(Cl)C(Br)=C(F)C1N. The van der Waals surface area contributed by atoms with Gasteiger partial charge in [-0.1, -0.05) is 23.8 Å². The van der Waals surface area contributed by atoms with Gasteiger partial charge in [-0.25, -0.2) is 4.39 Å². The van der Waals surface area contributed by atoms with Crippen LogP contribution in [-0.4, -0.2) is 11.0 Å². The quantitative estimate of drug-likeness (QED) is 0.731. The van der Waals surface area contributed by atoms with Crippen molar-refractivity contribution in [2.75, 3.05) is 0 Å². The van der Waals surface area contributed by atoms with Gasteiger partial charge in [0.05, 0.1) is 26.0 Å². The number of thiocarbonyl (C=S) groups is 1. The van der Waals surface area contributed by atoms with E-state index in [1.54, 1.807) is 13.0 Å². The Morgan fingerprint density at radius 2 is 2.29 bits per heavy atom. The minimum Gasteiger partial charge on any atom is -0.393 e. The van der Waals surface area contributed by atoms with Crippen molar-refractivity contribution in [3.63, 3.8) is 0 Å². The maximum Gasteiger partial charge on any atom is 0.134 e. The van der Waals surface area contributed by atoms with Crippen molar-refractivity contribution >= 4 is 44.7 Å². The van der Waals surface area contributed by atoms with Crippen LogP contribution in [0.3, 0.4) is 0 Å². The van der Waals surface area contributed by atoms with Gasteiger partial charge in [-0.15, -0.1) is 0 Å². The summed E-state index contributed by atoms with van der Waals surface area (Å²) < 4.78 is 13.7. The minimum atomic E-state index is -0.909. The molecule has 0 saturated carbocycles. The van der Waals surface area contributed by atoms with Gasteiger partial charge in [0.25, 0.3) is 0 Å². The van der Waals surface area contributed by atoms with Gasteiger partial charge in [-0.05, 0) is 28.9 Å². The number of hydrogen-bond acceptors (Lipinski definition) is 2. The molecule has 0 aliphatic heterocycles. The van der Waals surface area contributed by atoms with Gasteiger partial charge in [0, 0.05) is 0 Å². The summed E-state index contributed by atoms with van der Waals surface area (Å²) in [5, 5.41) is 0.236. The van der Waals surface area contributed by atoms with Crippen LogP contribution in [0, 0.1) is 5.41 Å². The molecule has 0 bridgehead atoms. The topological polar surface area (TPSA) is 52.0 Å². The molecule has 78 valence electrons. The van der Waals surface area contributed by atoms with Crippen molar-refractivity contribution in [3.8, 4) is 0 Å². The second-order valence-corrected chi connectivity index (χ2v) is 4.92. The third kappa shape index (κ3) is 1.74. The van der Waals surface area contributed by atoms with E-state index < -0.39 is 17.3 Å². The van der Waals surface area contributed by atoms with Crippen molar-refractivity contribution < 1.29 is 4.39 Å². The van der Waals surface area contributed by atoms with E-state index in [1.807, 2.05) is 0 Å². The van der Waals surface area contributed by atoms with Crippen molar-refractivity contribution in [3.05, 3.63) is 21.4 Å². The average Bonchev–Trinajstić information content (AvgIpc) is 2.11. The van der Waals surface area contributed by atoms with Gasteiger partial charge in [0.15, 0.2) is 0 Å². The monoisotopic (exact) mass is 298 g/mol. The predicted octanol–water partition coefficient (Wildman–Crippen LogP) is 2.32. The zero-order chi connectivity index (χ0) is 11.1. The maximum absolute atomic E-state index is 13.5. The van der Waals surface area contributed by atoms with E-state index in [0.717, 1.165) is 0 Å². The molecule has 0 heterocycles. The molecule has 0 fully saturated rings.